The van der Waals surface area contributed by atoms with Crippen LogP contribution in [0.5, 0.6) is 5.75 Å². The first-order valence-electron chi connectivity index (χ1n) is 11.4. The van der Waals surface area contributed by atoms with Crippen molar-refractivity contribution in [3.05, 3.63) is 54.3 Å². The normalized spacial score (nSPS) is 14.8. The summed E-state index contributed by atoms with van der Waals surface area (Å²) in [4.78, 5) is 14.2. The number of nitrogen functional groups attached to an aromatic ring is 1. The fourth-order valence-corrected chi connectivity index (χ4v) is 4.34. The zero-order chi connectivity index (χ0) is 23.8. The third kappa shape index (κ3) is 4.03. The predicted octanol–water partition coefficient (Wildman–Crippen LogP) is 3.74. The van der Waals surface area contributed by atoms with Crippen molar-refractivity contribution in [1.29, 1.82) is 0 Å². The predicted molar refractivity (Wildman–Crippen MR) is 132 cm³/mol. The third-order valence-electron chi connectivity index (χ3n) is 6.30. The lowest BCUT2D eigenvalue weighted by Crippen LogP contribution is -2.49. The molecule has 9 heteroatoms. The van der Waals surface area contributed by atoms with Crippen LogP contribution in [-0.4, -0.2) is 64.0 Å². The van der Waals surface area contributed by atoms with Crippen LogP contribution in [0.3, 0.4) is 0 Å². The third-order valence-corrected chi connectivity index (χ3v) is 6.30. The highest BCUT2D eigenvalue weighted by Gasteiger charge is 2.25. The van der Waals surface area contributed by atoms with Crippen LogP contribution in [0.4, 0.5) is 16.2 Å². The molecule has 0 radical (unpaired) electrons. The highest BCUT2D eigenvalue weighted by Crippen LogP contribution is 2.34. The van der Waals surface area contributed by atoms with E-state index in [9.17, 15) is 4.39 Å². The summed E-state index contributed by atoms with van der Waals surface area (Å²) in [5.41, 5.74) is 9.03. The first-order chi connectivity index (χ1) is 16.4. The maximum atomic E-state index is 14.1. The maximum absolute atomic E-state index is 14.1. The summed E-state index contributed by atoms with van der Waals surface area (Å²) in [6.07, 6.45) is 0. The van der Waals surface area contributed by atoms with Crippen molar-refractivity contribution in [3.63, 3.8) is 0 Å². The molecule has 8 nitrogen and oxygen atoms in total. The van der Waals surface area contributed by atoms with E-state index in [1.54, 1.807) is 17.9 Å². The Morgan fingerprint density at radius 2 is 1.74 bits per heavy atom. The minimum atomic E-state index is -0.336. The second kappa shape index (κ2) is 8.90. The largest absolute Gasteiger partial charge is 0.497 e. The number of ether oxygens (including phenoxy) is 1. The van der Waals surface area contributed by atoms with Crippen LogP contribution in [0.25, 0.3) is 28.0 Å². The van der Waals surface area contributed by atoms with Gasteiger partial charge in [-0.3, -0.25) is 4.90 Å². The van der Waals surface area contributed by atoms with Gasteiger partial charge in [0, 0.05) is 37.8 Å². The molecule has 0 spiro atoms. The summed E-state index contributed by atoms with van der Waals surface area (Å²) in [6, 6.07) is 14.3. The van der Waals surface area contributed by atoms with Gasteiger partial charge >= 0.3 is 0 Å². The zero-order valence-corrected chi connectivity index (χ0v) is 19.6. The number of nitrogens with zero attached hydrogens (tertiary/aromatic N) is 6. The van der Waals surface area contributed by atoms with Gasteiger partial charge in [0.1, 0.15) is 17.4 Å². The smallest absolute Gasteiger partial charge is 0.228 e. The van der Waals surface area contributed by atoms with Gasteiger partial charge in [-0.15, -0.1) is 5.10 Å². The average molecular weight is 462 g/mol. The van der Waals surface area contributed by atoms with Crippen LogP contribution in [0.1, 0.15) is 13.8 Å². The number of fused-ring (bicyclic) bond motifs is 1. The van der Waals surface area contributed by atoms with Gasteiger partial charge in [-0.05, 0) is 50.2 Å². The minimum Gasteiger partial charge on any atom is -0.497 e. The molecule has 5 rings (SSSR count). The van der Waals surface area contributed by atoms with Crippen LogP contribution in [0.2, 0.25) is 0 Å². The van der Waals surface area contributed by atoms with Crippen molar-refractivity contribution < 1.29 is 9.13 Å². The number of hydrogen-bond donors (Lipinski definition) is 1. The Morgan fingerprint density at radius 3 is 2.38 bits per heavy atom. The number of piperazine rings is 1. The van der Waals surface area contributed by atoms with Gasteiger partial charge in [-0.25, -0.2) is 14.1 Å². The quantitative estimate of drug-likeness (QED) is 0.485. The minimum absolute atomic E-state index is 0.336. The zero-order valence-electron chi connectivity index (χ0n) is 19.6. The second-order valence-electron chi connectivity index (χ2n) is 8.69. The van der Waals surface area contributed by atoms with Crippen molar-refractivity contribution in [2.24, 2.45) is 0 Å². The molecule has 0 atom stereocenters. The van der Waals surface area contributed by atoms with Crippen LogP contribution in [-0.2, 0) is 0 Å². The lowest BCUT2D eigenvalue weighted by molar-refractivity contribution is 0.208. The van der Waals surface area contributed by atoms with E-state index < -0.39 is 0 Å². The van der Waals surface area contributed by atoms with Gasteiger partial charge in [0.2, 0.25) is 5.95 Å². The second-order valence-corrected chi connectivity index (χ2v) is 8.69. The van der Waals surface area contributed by atoms with E-state index in [4.69, 9.17) is 25.5 Å². The highest BCUT2D eigenvalue weighted by atomic mass is 19.1. The maximum Gasteiger partial charge on any atom is 0.228 e. The van der Waals surface area contributed by atoms with E-state index in [0.29, 0.717) is 40.1 Å². The topological polar surface area (TPSA) is 85.3 Å². The average Bonchev–Trinajstić information content (AvgIpc) is 3.20. The first kappa shape index (κ1) is 22.1. The summed E-state index contributed by atoms with van der Waals surface area (Å²) in [7, 11) is 1.62. The Labute approximate surface area is 197 Å². The van der Waals surface area contributed by atoms with Gasteiger partial charge in [0.25, 0.3) is 0 Å². The summed E-state index contributed by atoms with van der Waals surface area (Å²) < 4.78 is 21.0. The van der Waals surface area contributed by atoms with Crippen LogP contribution in [0, 0.1) is 5.82 Å². The number of anilines is 2. The Balaban J connectivity index is 1.64. The van der Waals surface area contributed by atoms with E-state index >= 15 is 0 Å². The number of rotatable bonds is 5. The molecular weight excluding hydrogens is 433 g/mol. The molecule has 1 saturated heterocycles. The van der Waals surface area contributed by atoms with Crippen molar-refractivity contribution in [1.82, 2.24) is 24.6 Å². The van der Waals surface area contributed by atoms with E-state index in [-0.39, 0.29) is 5.82 Å². The number of aromatic nitrogens is 4. The molecule has 1 fully saturated rings. The Morgan fingerprint density at radius 1 is 1.00 bits per heavy atom. The van der Waals surface area contributed by atoms with Crippen molar-refractivity contribution >= 4 is 22.8 Å². The number of nitrogens with two attached hydrogens (primary N) is 1. The standard InChI is InChI=1S/C25H28FN7O/c1-16(2)31-11-13-32(14-12-31)25-28-22(17-5-4-6-18(26)15-17)21-23(27)33(30-24(21)29-25)19-7-9-20(34-3)10-8-19/h4-10,15-16H,11-14,27H2,1-3H3. The van der Waals surface area contributed by atoms with Gasteiger partial charge in [-0.1, -0.05) is 12.1 Å². The Hall–Kier alpha value is -3.72. The molecule has 3 heterocycles. The molecule has 1 aliphatic heterocycles. The number of methoxy groups -OCH3 is 1. The van der Waals surface area contributed by atoms with E-state index in [1.807, 2.05) is 30.3 Å². The summed E-state index contributed by atoms with van der Waals surface area (Å²) in [5, 5.41) is 5.32. The lowest BCUT2D eigenvalue weighted by Gasteiger charge is -2.36. The van der Waals surface area contributed by atoms with E-state index in [2.05, 4.69) is 23.6 Å². The van der Waals surface area contributed by atoms with Gasteiger partial charge in [0.05, 0.1) is 23.9 Å². The Bertz CT molecular complexity index is 1310. The van der Waals surface area contributed by atoms with Gasteiger partial charge < -0.3 is 15.4 Å². The SMILES string of the molecule is COc1ccc(-n2nc3nc(N4CCN(C(C)C)CC4)nc(-c4cccc(F)c4)c3c2N)cc1. The molecule has 0 bridgehead atoms. The van der Waals surface area contributed by atoms with Crippen molar-refractivity contribution in [3.8, 4) is 22.7 Å². The van der Waals surface area contributed by atoms with Crippen molar-refractivity contribution in [2.45, 2.75) is 19.9 Å². The molecule has 4 aromatic rings. The molecule has 34 heavy (non-hydrogen) atoms. The molecule has 0 amide bonds. The number of benzene rings is 2. The summed E-state index contributed by atoms with van der Waals surface area (Å²) in [5.74, 6) is 1.38. The molecule has 0 saturated carbocycles. The molecule has 2 aromatic heterocycles. The van der Waals surface area contributed by atoms with Crippen LogP contribution >= 0.6 is 0 Å². The van der Waals surface area contributed by atoms with E-state index in [1.165, 1.54) is 12.1 Å². The number of halogens is 1. The molecule has 2 aromatic carbocycles. The first-order valence-corrected chi connectivity index (χ1v) is 11.4. The Kier molecular flexibility index (Phi) is 5.79. The van der Waals surface area contributed by atoms with Gasteiger partial charge in [-0.2, -0.15) is 4.98 Å². The fraction of sp³-hybridized carbons (Fsp3) is 0.320. The monoisotopic (exact) mass is 461 g/mol. The van der Waals surface area contributed by atoms with Gasteiger partial charge in [0.15, 0.2) is 5.65 Å². The molecule has 176 valence electrons. The number of hydrogen-bond acceptors (Lipinski definition) is 7. The van der Waals surface area contributed by atoms with Crippen LogP contribution < -0.4 is 15.4 Å². The molecule has 0 unspecified atom stereocenters. The van der Waals surface area contributed by atoms with E-state index in [0.717, 1.165) is 37.6 Å². The molecule has 0 aliphatic carbocycles. The summed E-state index contributed by atoms with van der Waals surface area (Å²) >= 11 is 0. The summed E-state index contributed by atoms with van der Waals surface area (Å²) in [6.45, 7) is 7.87. The highest BCUT2D eigenvalue weighted by molar-refractivity contribution is 5.99. The fourth-order valence-electron chi connectivity index (χ4n) is 4.34. The molecule has 2 N–H and O–H groups in total. The van der Waals surface area contributed by atoms with Crippen molar-refractivity contribution in [2.75, 3.05) is 43.9 Å². The lowest BCUT2D eigenvalue weighted by atomic mass is 10.1. The molecule has 1 aliphatic rings. The van der Waals surface area contributed by atoms with Crippen LogP contribution in [0.15, 0.2) is 48.5 Å². The molecular formula is C25H28FN7O.